The zero-order valence-electron chi connectivity index (χ0n) is 15.3. The van der Waals surface area contributed by atoms with Gasteiger partial charge in [-0.1, -0.05) is 19.3 Å². The van der Waals surface area contributed by atoms with Crippen molar-refractivity contribution >= 4 is 28.5 Å². The summed E-state index contributed by atoms with van der Waals surface area (Å²) in [6.07, 6.45) is 6.62. The second-order valence-corrected chi connectivity index (χ2v) is 6.66. The van der Waals surface area contributed by atoms with Crippen molar-refractivity contribution in [1.29, 1.82) is 0 Å². The van der Waals surface area contributed by atoms with Crippen molar-refractivity contribution in [1.82, 2.24) is 14.3 Å². The van der Waals surface area contributed by atoms with E-state index in [4.69, 9.17) is 4.74 Å². The molecule has 0 aromatic carbocycles. The predicted octanol–water partition coefficient (Wildman–Crippen LogP) is 4.42. The summed E-state index contributed by atoms with van der Waals surface area (Å²) in [6, 6.07) is 3.06. The Balaban J connectivity index is 1.79. The molecule has 0 saturated carbocycles. The molecule has 142 valence electrons. The number of rotatable bonds is 11. The molecule has 0 N–H and O–H groups in total. The number of nitrogens with zero attached hydrogens (tertiary/aromatic N) is 4. The minimum Gasteiger partial charge on any atom is -0.466 e. The highest BCUT2D eigenvalue weighted by molar-refractivity contribution is 7.09. The molecule has 0 unspecified atom stereocenters. The van der Waals surface area contributed by atoms with Crippen molar-refractivity contribution in [2.75, 3.05) is 18.1 Å². The van der Waals surface area contributed by atoms with E-state index >= 15 is 0 Å². The van der Waals surface area contributed by atoms with Gasteiger partial charge in [0, 0.05) is 24.5 Å². The van der Waals surface area contributed by atoms with Crippen LogP contribution in [0.1, 0.15) is 51.3 Å². The standard InChI is InChI=1S/C18H25FN4O2S/c1-3-25-17(24)9-7-5-4-6-8-12-23(18-21-14(2)22-26-18)16-11-10-15(19)13-20-16/h10-11,13H,3-9,12H2,1-2H3. The van der Waals surface area contributed by atoms with Crippen molar-refractivity contribution in [3.63, 3.8) is 0 Å². The Morgan fingerprint density at radius 1 is 1.23 bits per heavy atom. The highest BCUT2D eigenvalue weighted by Gasteiger charge is 2.14. The van der Waals surface area contributed by atoms with Crippen molar-refractivity contribution in [2.24, 2.45) is 0 Å². The summed E-state index contributed by atoms with van der Waals surface area (Å²) in [5, 5.41) is 0.768. The summed E-state index contributed by atoms with van der Waals surface area (Å²) in [5.74, 6) is 0.914. The summed E-state index contributed by atoms with van der Waals surface area (Å²) < 4.78 is 22.3. The first-order valence-electron chi connectivity index (χ1n) is 8.95. The number of aryl methyl sites for hydroxylation is 1. The van der Waals surface area contributed by atoms with Gasteiger partial charge in [-0.05, 0) is 38.8 Å². The Hall–Kier alpha value is -2.09. The van der Waals surface area contributed by atoms with Crippen LogP contribution < -0.4 is 4.90 Å². The van der Waals surface area contributed by atoms with E-state index in [0.717, 1.165) is 49.6 Å². The van der Waals surface area contributed by atoms with Crippen LogP contribution in [0.25, 0.3) is 0 Å². The predicted molar refractivity (Wildman–Crippen MR) is 100 cm³/mol. The number of ether oxygens (including phenoxy) is 1. The fraction of sp³-hybridized carbons (Fsp3) is 0.556. The van der Waals surface area contributed by atoms with Crippen LogP contribution in [-0.2, 0) is 9.53 Å². The Morgan fingerprint density at radius 3 is 2.65 bits per heavy atom. The van der Waals surface area contributed by atoms with E-state index in [0.29, 0.717) is 18.8 Å². The molecule has 0 aliphatic heterocycles. The minimum atomic E-state index is -0.358. The number of aromatic nitrogens is 3. The smallest absolute Gasteiger partial charge is 0.305 e. The Bertz CT molecular complexity index is 678. The first-order valence-corrected chi connectivity index (χ1v) is 9.72. The first kappa shape index (κ1) is 20.2. The van der Waals surface area contributed by atoms with Gasteiger partial charge in [-0.25, -0.2) is 14.4 Å². The molecule has 2 rings (SSSR count). The van der Waals surface area contributed by atoms with E-state index in [-0.39, 0.29) is 11.8 Å². The van der Waals surface area contributed by atoms with Crippen LogP contribution in [0.2, 0.25) is 0 Å². The highest BCUT2D eigenvalue weighted by atomic mass is 32.1. The fourth-order valence-corrected chi connectivity index (χ4v) is 3.25. The summed E-state index contributed by atoms with van der Waals surface area (Å²) >= 11 is 1.32. The summed E-state index contributed by atoms with van der Waals surface area (Å²) in [7, 11) is 0. The third-order valence-corrected chi connectivity index (χ3v) is 4.63. The maximum Gasteiger partial charge on any atom is 0.305 e. The van der Waals surface area contributed by atoms with Gasteiger partial charge in [0.2, 0.25) is 5.13 Å². The van der Waals surface area contributed by atoms with Crippen molar-refractivity contribution < 1.29 is 13.9 Å². The van der Waals surface area contributed by atoms with Crippen LogP contribution in [0.15, 0.2) is 18.3 Å². The molecule has 0 radical (unpaired) electrons. The average Bonchev–Trinajstić information content (AvgIpc) is 3.05. The molecule has 2 aromatic heterocycles. The molecule has 0 atom stereocenters. The van der Waals surface area contributed by atoms with Crippen molar-refractivity contribution in [3.05, 3.63) is 30.0 Å². The van der Waals surface area contributed by atoms with Crippen molar-refractivity contribution in [3.8, 4) is 0 Å². The second-order valence-electron chi connectivity index (χ2n) is 5.93. The zero-order valence-corrected chi connectivity index (χ0v) is 16.1. The summed E-state index contributed by atoms with van der Waals surface area (Å²) in [4.78, 5) is 21.9. The molecule has 0 amide bonds. The molecule has 26 heavy (non-hydrogen) atoms. The van der Waals surface area contributed by atoms with E-state index in [1.165, 1.54) is 23.8 Å². The summed E-state index contributed by atoms with van der Waals surface area (Å²) in [6.45, 7) is 4.85. The van der Waals surface area contributed by atoms with Gasteiger partial charge in [0.15, 0.2) is 0 Å². The maximum atomic E-state index is 13.1. The minimum absolute atomic E-state index is 0.118. The Morgan fingerprint density at radius 2 is 2.00 bits per heavy atom. The van der Waals surface area contributed by atoms with Gasteiger partial charge in [0.05, 0.1) is 12.8 Å². The molecule has 0 aliphatic rings. The number of unbranched alkanes of at least 4 members (excludes halogenated alkanes) is 4. The molecule has 2 aromatic rings. The number of anilines is 2. The van der Waals surface area contributed by atoms with E-state index in [2.05, 4.69) is 14.3 Å². The molecule has 0 aliphatic carbocycles. The van der Waals surface area contributed by atoms with Gasteiger partial charge >= 0.3 is 5.97 Å². The average molecular weight is 380 g/mol. The van der Waals surface area contributed by atoms with Gasteiger partial charge in [-0.2, -0.15) is 4.37 Å². The monoisotopic (exact) mass is 380 g/mol. The van der Waals surface area contributed by atoms with E-state index in [9.17, 15) is 9.18 Å². The van der Waals surface area contributed by atoms with Crippen LogP contribution in [0.4, 0.5) is 15.3 Å². The number of carbonyl (C=O) groups is 1. The molecule has 0 saturated heterocycles. The number of carbonyl (C=O) groups excluding carboxylic acids is 1. The van der Waals surface area contributed by atoms with Gasteiger partial charge < -0.3 is 9.64 Å². The number of esters is 1. The molecule has 0 fully saturated rings. The molecule has 2 heterocycles. The van der Waals surface area contributed by atoms with Gasteiger partial charge in [-0.3, -0.25) is 4.79 Å². The Labute approximate surface area is 157 Å². The zero-order chi connectivity index (χ0) is 18.8. The van der Waals surface area contributed by atoms with E-state index in [1.54, 1.807) is 6.07 Å². The normalized spacial score (nSPS) is 10.7. The van der Waals surface area contributed by atoms with Gasteiger partial charge in [-0.15, -0.1) is 0 Å². The quantitative estimate of drug-likeness (QED) is 0.424. The second kappa shape index (κ2) is 10.8. The van der Waals surface area contributed by atoms with Crippen LogP contribution in [0.3, 0.4) is 0 Å². The SMILES string of the molecule is CCOC(=O)CCCCCCCN(c1ccc(F)cn1)c1nc(C)ns1. The van der Waals surface area contributed by atoms with Crippen LogP contribution in [-0.4, -0.2) is 33.5 Å². The van der Waals surface area contributed by atoms with Crippen LogP contribution >= 0.6 is 11.5 Å². The molecular formula is C18H25FN4O2S. The fourth-order valence-electron chi connectivity index (χ4n) is 2.53. The van der Waals surface area contributed by atoms with Gasteiger partial charge in [0.1, 0.15) is 17.5 Å². The molecular weight excluding hydrogens is 355 g/mol. The highest BCUT2D eigenvalue weighted by Crippen LogP contribution is 2.26. The topological polar surface area (TPSA) is 68.2 Å². The molecule has 0 bridgehead atoms. The maximum absolute atomic E-state index is 13.1. The summed E-state index contributed by atoms with van der Waals surface area (Å²) in [5.41, 5.74) is 0. The van der Waals surface area contributed by atoms with Crippen LogP contribution in [0.5, 0.6) is 0 Å². The number of hydrogen-bond acceptors (Lipinski definition) is 7. The Kier molecular flexibility index (Phi) is 8.40. The number of hydrogen-bond donors (Lipinski definition) is 0. The first-order chi connectivity index (χ1) is 12.6. The number of pyridine rings is 1. The molecule has 0 spiro atoms. The van der Waals surface area contributed by atoms with Crippen LogP contribution in [0, 0.1) is 12.7 Å². The lowest BCUT2D eigenvalue weighted by molar-refractivity contribution is -0.143. The van der Waals surface area contributed by atoms with E-state index < -0.39 is 0 Å². The lowest BCUT2D eigenvalue weighted by Crippen LogP contribution is -2.19. The van der Waals surface area contributed by atoms with Gasteiger partial charge in [0.25, 0.3) is 0 Å². The molecule has 6 nitrogen and oxygen atoms in total. The molecule has 8 heteroatoms. The van der Waals surface area contributed by atoms with E-state index in [1.807, 2.05) is 18.7 Å². The number of halogens is 1. The lowest BCUT2D eigenvalue weighted by atomic mass is 10.1. The third-order valence-electron chi connectivity index (χ3n) is 3.80. The largest absolute Gasteiger partial charge is 0.466 e. The lowest BCUT2D eigenvalue weighted by Gasteiger charge is -2.20. The van der Waals surface area contributed by atoms with Crippen molar-refractivity contribution in [2.45, 2.75) is 52.4 Å². The third kappa shape index (κ3) is 6.67.